The van der Waals surface area contributed by atoms with Gasteiger partial charge in [-0.25, -0.2) is 0 Å². The molecule has 3 atom stereocenters. The lowest BCUT2D eigenvalue weighted by molar-refractivity contribution is -0.129. The first-order valence-electron chi connectivity index (χ1n) is 8.68. The van der Waals surface area contributed by atoms with E-state index in [1.54, 1.807) is 32.4 Å². The molecule has 2 fully saturated rings. The Balaban J connectivity index is 1.61. The molecule has 0 spiro atoms. The van der Waals surface area contributed by atoms with Gasteiger partial charge in [-0.05, 0) is 12.8 Å². The van der Waals surface area contributed by atoms with Crippen LogP contribution in [0, 0.1) is 0 Å². The molecule has 3 N–H and O–H groups in total. The van der Waals surface area contributed by atoms with E-state index in [0.717, 1.165) is 25.7 Å². The summed E-state index contributed by atoms with van der Waals surface area (Å²) < 4.78 is 10.4. The Morgan fingerprint density at radius 3 is 2.40 bits per heavy atom. The third kappa shape index (κ3) is 4.22. The number of nitrogens with one attached hydrogen (secondary N) is 3. The summed E-state index contributed by atoms with van der Waals surface area (Å²) in [5, 5.41) is 9.21. The number of benzene rings is 1. The van der Waals surface area contributed by atoms with Gasteiger partial charge < -0.3 is 25.4 Å². The minimum atomic E-state index is -0.494. The number of anilines is 1. The van der Waals surface area contributed by atoms with Crippen LogP contribution >= 0.6 is 0 Å². The number of piperazine rings is 1. The Morgan fingerprint density at radius 1 is 1.12 bits per heavy atom. The fraction of sp³-hybridized carbons (Fsp3) is 0.556. The number of hydrogen-bond acceptors (Lipinski definition) is 5. The molecule has 1 aromatic carbocycles. The van der Waals surface area contributed by atoms with E-state index in [-0.39, 0.29) is 30.3 Å². The second-order valence-electron chi connectivity index (χ2n) is 6.58. The quantitative estimate of drug-likeness (QED) is 0.750. The van der Waals surface area contributed by atoms with E-state index < -0.39 is 6.04 Å². The molecule has 1 heterocycles. The second-order valence-corrected chi connectivity index (χ2v) is 6.58. The van der Waals surface area contributed by atoms with Crippen LogP contribution in [0.3, 0.4) is 0 Å². The number of hydrogen-bond donors (Lipinski definition) is 3. The predicted molar refractivity (Wildman–Crippen MR) is 93.9 cm³/mol. The van der Waals surface area contributed by atoms with E-state index in [2.05, 4.69) is 16.0 Å². The van der Waals surface area contributed by atoms with Gasteiger partial charge in [0.1, 0.15) is 11.5 Å². The molecule has 3 unspecified atom stereocenters. The maximum absolute atomic E-state index is 12.4. The lowest BCUT2D eigenvalue weighted by Crippen LogP contribution is -2.65. The second kappa shape index (κ2) is 7.74. The van der Waals surface area contributed by atoms with Crippen molar-refractivity contribution in [2.45, 2.75) is 50.2 Å². The molecular formula is C18H25N3O4. The van der Waals surface area contributed by atoms with E-state index in [1.807, 2.05) is 0 Å². The van der Waals surface area contributed by atoms with E-state index >= 15 is 0 Å². The summed E-state index contributed by atoms with van der Waals surface area (Å²) in [7, 11) is 3.11. The van der Waals surface area contributed by atoms with Crippen molar-refractivity contribution in [3.8, 4) is 11.5 Å². The van der Waals surface area contributed by atoms with Crippen molar-refractivity contribution in [3.05, 3.63) is 18.2 Å². The van der Waals surface area contributed by atoms with Gasteiger partial charge in [-0.15, -0.1) is 0 Å². The van der Waals surface area contributed by atoms with Gasteiger partial charge in [0.25, 0.3) is 0 Å². The minimum Gasteiger partial charge on any atom is -0.497 e. The Labute approximate surface area is 147 Å². The molecule has 25 heavy (non-hydrogen) atoms. The molecular weight excluding hydrogens is 322 g/mol. The molecule has 1 aromatic rings. The van der Waals surface area contributed by atoms with Gasteiger partial charge in [0.05, 0.1) is 26.7 Å². The smallest absolute Gasteiger partial charge is 0.237 e. The van der Waals surface area contributed by atoms with Crippen molar-refractivity contribution >= 4 is 17.5 Å². The zero-order chi connectivity index (χ0) is 17.8. The summed E-state index contributed by atoms with van der Waals surface area (Å²) in [5.74, 6) is 0.861. The normalized spacial score (nSPS) is 25.5. The van der Waals surface area contributed by atoms with Crippen LogP contribution in [0.1, 0.15) is 32.1 Å². The van der Waals surface area contributed by atoms with Crippen LogP contribution in [0.25, 0.3) is 0 Å². The van der Waals surface area contributed by atoms with Crippen molar-refractivity contribution < 1.29 is 19.1 Å². The zero-order valence-electron chi connectivity index (χ0n) is 14.6. The predicted octanol–water partition coefficient (Wildman–Crippen LogP) is 1.43. The Bertz CT molecular complexity index is 627. The number of methoxy groups -OCH3 is 2. The van der Waals surface area contributed by atoms with Gasteiger partial charge in [-0.1, -0.05) is 12.8 Å². The maximum atomic E-state index is 12.4. The third-order valence-electron chi connectivity index (χ3n) is 4.85. The van der Waals surface area contributed by atoms with Crippen LogP contribution in [0.2, 0.25) is 0 Å². The molecule has 2 amide bonds. The molecule has 3 rings (SSSR count). The molecule has 2 aliphatic rings. The van der Waals surface area contributed by atoms with Gasteiger partial charge in [-0.2, -0.15) is 0 Å². The Morgan fingerprint density at radius 2 is 1.76 bits per heavy atom. The van der Waals surface area contributed by atoms with Crippen LogP contribution in [-0.4, -0.2) is 44.2 Å². The highest BCUT2D eigenvalue weighted by Crippen LogP contribution is 2.26. The third-order valence-corrected chi connectivity index (χ3v) is 4.85. The first-order valence-corrected chi connectivity index (χ1v) is 8.68. The largest absolute Gasteiger partial charge is 0.497 e. The molecule has 7 heteroatoms. The Kier molecular flexibility index (Phi) is 5.43. The number of amides is 2. The average molecular weight is 347 g/mol. The summed E-state index contributed by atoms with van der Waals surface area (Å²) in [6.45, 7) is 0. The number of rotatable bonds is 5. The SMILES string of the molecule is COc1cc(NC(=O)CC2NC3CCCCC3NC2=O)cc(OC)c1. The number of ether oxygens (including phenoxy) is 2. The molecule has 136 valence electrons. The summed E-state index contributed by atoms with van der Waals surface area (Å²) in [6.07, 6.45) is 4.44. The van der Waals surface area contributed by atoms with Crippen LogP contribution < -0.4 is 25.4 Å². The standard InChI is InChI=1S/C18H25N3O4/c1-24-12-7-11(8-13(9-12)25-2)19-17(22)10-16-18(23)21-15-6-4-3-5-14(15)20-16/h7-9,14-16,20H,3-6,10H2,1-2H3,(H,19,22)(H,21,23). The van der Waals surface area contributed by atoms with E-state index in [4.69, 9.17) is 9.47 Å². The van der Waals surface area contributed by atoms with Gasteiger partial charge >= 0.3 is 0 Å². The van der Waals surface area contributed by atoms with Gasteiger partial charge in [-0.3, -0.25) is 9.59 Å². The van der Waals surface area contributed by atoms with Crippen molar-refractivity contribution in [2.75, 3.05) is 19.5 Å². The minimum absolute atomic E-state index is 0.0918. The summed E-state index contributed by atoms with van der Waals surface area (Å²) in [4.78, 5) is 24.6. The van der Waals surface area contributed by atoms with Gasteiger partial charge in [0.2, 0.25) is 11.8 Å². The monoisotopic (exact) mass is 347 g/mol. The van der Waals surface area contributed by atoms with Crippen molar-refractivity contribution in [3.63, 3.8) is 0 Å². The maximum Gasteiger partial charge on any atom is 0.237 e. The summed E-state index contributed by atoms with van der Waals surface area (Å²) >= 11 is 0. The summed E-state index contributed by atoms with van der Waals surface area (Å²) in [5.41, 5.74) is 0.577. The van der Waals surface area contributed by atoms with Crippen molar-refractivity contribution in [1.29, 1.82) is 0 Å². The van der Waals surface area contributed by atoms with E-state index in [9.17, 15) is 9.59 Å². The Hall–Kier alpha value is -2.28. The highest BCUT2D eigenvalue weighted by Gasteiger charge is 2.36. The zero-order valence-corrected chi connectivity index (χ0v) is 14.6. The molecule has 0 aromatic heterocycles. The molecule has 1 aliphatic heterocycles. The van der Waals surface area contributed by atoms with Crippen LogP contribution in [0.15, 0.2) is 18.2 Å². The van der Waals surface area contributed by atoms with Crippen LogP contribution in [0.5, 0.6) is 11.5 Å². The fourth-order valence-electron chi connectivity index (χ4n) is 3.55. The first-order chi connectivity index (χ1) is 12.1. The number of carbonyl (C=O) groups is 2. The lowest BCUT2D eigenvalue weighted by Gasteiger charge is -2.40. The fourth-order valence-corrected chi connectivity index (χ4v) is 3.55. The summed E-state index contributed by atoms with van der Waals surface area (Å²) in [6, 6.07) is 5.13. The molecule has 1 saturated heterocycles. The lowest BCUT2D eigenvalue weighted by atomic mass is 9.87. The highest BCUT2D eigenvalue weighted by molar-refractivity contribution is 5.96. The van der Waals surface area contributed by atoms with Crippen LogP contribution in [0.4, 0.5) is 5.69 Å². The van der Waals surface area contributed by atoms with Crippen molar-refractivity contribution in [1.82, 2.24) is 10.6 Å². The van der Waals surface area contributed by atoms with Gasteiger partial charge in [0.15, 0.2) is 0 Å². The topological polar surface area (TPSA) is 88.7 Å². The molecule has 0 bridgehead atoms. The average Bonchev–Trinajstić information content (AvgIpc) is 2.61. The highest BCUT2D eigenvalue weighted by atomic mass is 16.5. The molecule has 1 aliphatic carbocycles. The van der Waals surface area contributed by atoms with E-state index in [1.165, 1.54) is 0 Å². The first kappa shape index (κ1) is 17.5. The molecule has 0 radical (unpaired) electrons. The molecule has 7 nitrogen and oxygen atoms in total. The van der Waals surface area contributed by atoms with Gasteiger partial charge in [0, 0.05) is 36.0 Å². The number of fused-ring (bicyclic) bond motifs is 1. The molecule has 1 saturated carbocycles. The van der Waals surface area contributed by atoms with Crippen molar-refractivity contribution in [2.24, 2.45) is 0 Å². The van der Waals surface area contributed by atoms with Crippen LogP contribution in [-0.2, 0) is 9.59 Å². The number of carbonyl (C=O) groups excluding carboxylic acids is 2. The van der Waals surface area contributed by atoms with E-state index in [0.29, 0.717) is 17.2 Å².